The molecule has 2 unspecified atom stereocenters. The van der Waals surface area contributed by atoms with E-state index in [2.05, 4.69) is 4.40 Å². The number of halogens is 4. The third-order valence-electron chi connectivity index (χ3n) is 3.04. The van der Waals surface area contributed by atoms with Crippen molar-refractivity contribution >= 4 is 67.9 Å². The highest BCUT2D eigenvalue weighted by Crippen LogP contribution is 2.39. The molecule has 0 aliphatic heterocycles. The van der Waals surface area contributed by atoms with Crippen molar-refractivity contribution in [3.05, 3.63) is 40.4 Å². The summed E-state index contributed by atoms with van der Waals surface area (Å²) in [6.07, 6.45) is 0. The van der Waals surface area contributed by atoms with Gasteiger partial charge in [-0.3, -0.25) is 4.79 Å². The van der Waals surface area contributed by atoms with Crippen molar-refractivity contribution in [3.8, 4) is 0 Å². The molecule has 4 nitrogen and oxygen atoms in total. The van der Waals surface area contributed by atoms with Crippen LogP contribution in [0.4, 0.5) is 0 Å². The Kier molecular flexibility index (Phi) is 4.95. The summed E-state index contributed by atoms with van der Waals surface area (Å²) in [6, 6.07) is 7.50. The van der Waals surface area contributed by atoms with Crippen LogP contribution >= 0.6 is 46.4 Å². The summed E-state index contributed by atoms with van der Waals surface area (Å²) >= 11 is 23.9. The van der Waals surface area contributed by atoms with Crippen molar-refractivity contribution < 1.29 is 13.2 Å². The maximum atomic E-state index is 12.3. The predicted molar refractivity (Wildman–Crippen MR) is 88.7 cm³/mol. The van der Waals surface area contributed by atoms with Gasteiger partial charge in [0.2, 0.25) is 0 Å². The van der Waals surface area contributed by atoms with Gasteiger partial charge in [0.15, 0.2) is 5.78 Å². The first-order valence-corrected chi connectivity index (χ1v) is 8.93. The first kappa shape index (κ1) is 17.8. The number of rotatable bonds is 2. The molecule has 0 saturated heterocycles. The number of alkyl halides is 2. The number of ketones is 1. The molecular formula is C13H9Cl4NO3S. The lowest BCUT2D eigenvalue weighted by atomic mass is 9.91. The van der Waals surface area contributed by atoms with Gasteiger partial charge >= 0.3 is 0 Å². The predicted octanol–water partition coefficient (Wildman–Crippen LogP) is 3.69. The Bertz CT molecular complexity index is 785. The van der Waals surface area contributed by atoms with Gasteiger partial charge < -0.3 is 0 Å². The first-order valence-electron chi connectivity index (χ1n) is 5.92. The summed E-state index contributed by atoms with van der Waals surface area (Å²) in [5.74, 6) is -0.683. The van der Waals surface area contributed by atoms with Crippen LogP contribution in [0.15, 0.2) is 49.7 Å². The number of hydrogen-bond acceptors (Lipinski definition) is 3. The van der Waals surface area contributed by atoms with Crippen molar-refractivity contribution in [2.45, 2.75) is 22.1 Å². The number of hydrogen-bond donors (Lipinski definition) is 0. The number of allylic oxidation sites excluding steroid dienone is 2. The lowest BCUT2D eigenvalue weighted by molar-refractivity contribution is -0.117. The van der Waals surface area contributed by atoms with Crippen LogP contribution in [0, 0.1) is 0 Å². The highest BCUT2D eigenvalue weighted by Gasteiger charge is 2.49. The highest BCUT2D eigenvalue weighted by atomic mass is 35.5. The quantitative estimate of drug-likeness (QED) is 0.711. The van der Waals surface area contributed by atoms with Crippen LogP contribution in [-0.4, -0.2) is 30.2 Å². The van der Waals surface area contributed by atoms with Crippen LogP contribution in [0.1, 0.15) is 6.92 Å². The standard InChI is InChI=1S/C13H9Cl4NO3S/c1-13(17)11(16)10(8(14)9(15)12(13)19)18-22(20,21)7-5-3-2-4-6-7/h2-6,11H,1H3. The van der Waals surface area contributed by atoms with Crippen LogP contribution in [0.25, 0.3) is 0 Å². The minimum absolute atomic E-state index is 0.0415. The largest absolute Gasteiger partial charge is 0.291 e. The van der Waals surface area contributed by atoms with Gasteiger partial charge in [0.05, 0.1) is 15.6 Å². The Morgan fingerprint density at radius 1 is 1.14 bits per heavy atom. The number of Topliss-reactive ketones (excluding diaryl/α,β-unsaturated/α-hetero) is 1. The molecule has 0 fully saturated rings. The van der Waals surface area contributed by atoms with E-state index in [1.54, 1.807) is 18.2 Å². The molecule has 0 saturated carbocycles. The van der Waals surface area contributed by atoms with Crippen molar-refractivity contribution in [1.82, 2.24) is 0 Å². The van der Waals surface area contributed by atoms with E-state index >= 15 is 0 Å². The van der Waals surface area contributed by atoms with E-state index in [0.717, 1.165) is 0 Å². The number of nitrogens with zero attached hydrogens (tertiary/aromatic N) is 1. The summed E-state index contributed by atoms with van der Waals surface area (Å²) in [4.78, 5) is 10.3. The molecule has 2 atom stereocenters. The average Bonchev–Trinajstić information content (AvgIpc) is 2.49. The molecule has 2 rings (SSSR count). The minimum Gasteiger partial charge on any atom is -0.291 e. The van der Waals surface area contributed by atoms with E-state index in [0.29, 0.717) is 0 Å². The van der Waals surface area contributed by atoms with Gasteiger partial charge in [0, 0.05) is 0 Å². The molecule has 0 amide bonds. The Morgan fingerprint density at radius 3 is 2.23 bits per heavy atom. The van der Waals surface area contributed by atoms with E-state index in [1.165, 1.54) is 19.1 Å². The van der Waals surface area contributed by atoms with E-state index in [1.807, 2.05) is 0 Å². The van der Waals surface area contributed by atoms with Gasteiger partial charge in [-0.05, 0) is 19.1 Å². The van der Waals surface area contributed by atoms with Crippen molar-refractivity contribution in [3.63, 3.8) is 0 Å². The molecule has 1 aromatic rings. The Balaban J connectivity index is 2.63. The molecule has 9 heteroatoms. The van der Waals surface area contributed by atoms with Crippen LogP contribution in [0.2, 0.25) is 0 Å². The Morgan fingerprint density at radius 2 is 1.68 bits per heavy atom. The zero-order valence-electron chi connectivity index (χ0n) is 11.1. The third kappa shape index (κ3) is 3.05. The summed E-state index contributed by atoms with van der Waals surface area (Å²) in [5, 5.41) is -1.95. The molecule has 22 heavy (non-hydrogen) atoms. The first-order chi connectivity index (χ1) is 10.1. The highest BCUT2D eigenvalue weighted by molar-refractivity contribution is 7.90. The maximum Gasteiger partial charge on any atom is 0.282 e. The van der Waals surface area contributed by atoms with Crippen molar-refractivity contribution in [1.29, 1.82) is 0 Å². The van der Waals surface area contributed by atoms with Gasteiger partial charge in [-0.2, -0.15) is 12.8 Å². The molecule has 0 radical (unpaired) electrons. The van der Waals surface area contributed by atoms with E-state index in [4.69, 9.17) is 46.4 Å². The number of carbonyl (C=O) groups excluding carboxylic acids is 1. The van der Waals surface area contributed by atoms with Crippen LogP contribution < -0.4 is 0 Å². The number of carbonyl (C=O) groups is 1. The second kappa shape index (κ2) is 6.13. The lowest BCUT2D eigenvalue weighted by Crippen LogP contribution is -2.47. The van der Waals surface area contributed by atoms with E-state index in [-0.39, 0.29) is 15.6 Å². The maximum absolute atomic E-state index is 12.3. The van der Waals surface area contributed by atoms with Crippen LogP contribution in [0.5, 0.6) is 0 Å². The van der Waals surface area contributed by atoms with E-state index < -0.39 is 31.1 Å². The number of sulfonamides is 1. The number of benzene rings is 1. The van der Waals surface area contributed by atoms with Crippen molar-refractivity contribution in [2.75, 3.05) is 0 Å². The average molecular weight is 401 g/mol. The molecule has 0 aromatic heterocycles. The SMILES string of the molecule is CC1(Cl)C(=O)C(Cl)=C(Cl)C(=NS(=O)(=O)c2ccccc2)C1Cl. The normalized spacial score (nSPS) is 28.3. The molecule has 0 heterocycles. The summed E-state index contributed by atoms with van der Waals surface area (Å²) in [5.41, 5.74) is -0.255. The van der Waals surface area contributed by atoms with Crippen LogP contribution in [0.3, 0.4) is 0 Å². The molecule has 0 bridgehead atoms. The molecule has 0 spiro atoms. The van der Waals surface area contributed by atoms with Gasteiger partial charge in [-0.1, -0.05) is 41.4 Å². The molecule has 1 aromatic carbocycles. The van der Waals surface area contributed by atoms with Gasteiger partial charge in [0.25, 0.3) is 10.0 Å². The van der Waals surface area contributed by atoms with Crippen molar-refractivity contribution in [2.24, 2.45) is 4.40 Å². The Hall–Kier alpha value is -0.590. The molecule has 1 aliphatic carbocycles. The smallest absolute Gasteiger partial charge is 0.282 e. The second-order valence-corrected chi connectivity index (χ2v) is 8.24. The monoisotopic (exact) mass is 399 g/mol. The lowest BCUT2D eigenvalue weighted by Gasteiger charge is -2.31. The molecule has 1 aliphatic rings. The third-order valence-corrected chi connectivity index (χ3v) is 6.33. The molecule has 118 valence electrons. The topological polar surface area (TPSA) is 63.6 Å². The Labute approximate surface area is 147 Å². The summed E-state index contributed by atoms with van der Waals surface area (Å²) < 4.78 is 28.2. The summed E-state index contributed by atoms with van der Waals surface area (Å²) in [6.45, 7) is 1.32. The van der Waals surface area contributed by atoms with Gasteiger partial charge in [0.1, 0.15) is 15.3 Å². The van der Waals surface area contributed by atoms with E-state index in [9.17, 15) is 13.2 Å². The zero-order chi connectivity index (χ0) is 16.7. The molecular weight excluding hydrogens is 392 g/mol. The fourth-order valence-electron chi connectivity index (χ4n) is 1.77. The fourth-order valence-corrected chi connectivity index (χ4v) is 4.03. The zero-order valence-corrected chi connectivity index (χ0v) is 14.9. The van der Waals surface area contributed by atoms with Crippen LogP contribution in [-0.2, 0) is 14.8 Å². The van der Waals surface area contributed by atoms with Gasteiger partial charge in [-0.25, -0.2) is 0 Å². The summed E-state index contributed by atoms with van der Waals surface area (Å²) in [7, 11) is -4.06. The fraction of sp³-hybridized carbons (Fsp3) is 0.231. The molecule has 0 N–H and O–H groups in total. The second-order valence-electron chi connectivity index (χ2n) is 4.66. The minimum atomic E-state index is -4.06. The van der Waals surface area contributed by atoms with Gasteiger partial charge in [-0.15, -0.1) is 23.2 Å².